The van der Waals surface area contributed by atoms with Crippen LogP contribution in [-0.4, -0.2) is 15.0 Å². The predicted molar refractivity (Wildman–Crippen MR) is 61.3 cm³/mol. The average Bonchev–Trinajstić information content (AvgIpc) is 2.26. The van der Waals surface area contributed by atoms with Crippen molar-refractivity contribution >= 4 is 21.6 Å². The van der Waals surface area contributed by atoms with Crippen LogP contribution in [-0.2, 0) is 10.0 Å². The van der Waals surface area contributed by atoms with Gasteiger partial charge in [-0.05, 0) is 12.1 Å². The van der Waals surface area contributed by atoms with Gasteiger partial charge in [-0.2, -0.15) is 5.26 Å². The lowest BCUT2D eigenvalue weighted by Crippen LogP contribution is -2.25. The first-order valence-electron chi connectivity index (χ1n) is 4.29. The maximum absolute atomic E-state index is 11.8. The fraction of sp³-hybridized carbons (Fsp3) is 0.100. The number of hydrogen-bond donors (Lipinski definition) is 1. The number of nitrogens with one attached hydrogen (secondary N) is 1. The van der Waals surface area contributed by atoms with Gasteiger partial charge in [0, 0.05) is 11.6 Å². The predicted octanol–water partition coefficient (Wildman–Crippen LogP) is 1.59. The number of sulfonamides is 1. The Labute approximate surface area is 99.2 Å². The topological polar surface area (TPSA) is 70.0 Å². The fourth-order valence-electron chi connectivity index (χ4n) is 1.04. The van der Waals surface area contributed by atoms with Crippen molar-refractivity contribution in [2.45, 2.75) is 4.90 Å². The zero-order chi connectivity index (χ0) is 12.2. The van der Waals surface area contributed by atoms with E-state index in [9.17, 15) is 8.42 Å². The van der Waals surface area contributed by atoms with E-state index < -0.39 is 10.0 Å². The Morgan fingerprint density at radius 3 is 2.69 bits per heavy atom. The van der Waals surface area contributed by atoms with Gasteiger partial charge in [-0.1, -0.05) is 30.3 Å². The molecule has 0 aliphatic heterocycles. The highest BCUT2D eigenvalue weighted by molar-refractivity contribution is 7.89. The van der Waals surface area contributed by atoms with Crippen molar-refractivity contribution in [2.75, 3.05) is 6.54 Å². The molecule has 0 amide bonds. The molecule has 0 atom stereocenters. The number of hydrogen-bond acceptors (Lipinski definition) is 3. The van der Waals surface area contributed by atoms with Crippen LogP contribution in [0.4, 0.5) is 0 Å². The van der Waals surface area contributed by atoms with Crippen LogP contribution >= 0.6 is 11.6 Å². The molecule has 0 aliphatic rings. The monoisotopic (exact) mass is 256 g/mol. The molecule has 0 saturated heterocycles. The van der Waals surface area contributed by atoms with E-state index in [1.54, 1.807) is 12.1 Å². The molecule has 4 nitrogen and oxygen atoms in total. The van der Waals surface area contributed by atoms with Crippen LogP contribution in [0.3, 0.4) is 0 Å². The van der Waals surface area contributed by atoms with Crippen LogP contribution in [0, 0.1) is 11.3 Å². The normalized spacial score (nSPS) is 10.8. The molecule has 6 heteroatoms. The second-order valence-corrected chi connectivity index (χ2v) is 5.22. The maximum atomic E-state index is 11.8. The lowest BCUT2D eigenvalue weighted by atomic mass is 10.2. The average molecular weight is 257 g/mol. The largest absolute Gasteiger partial charge is 0.242 e. The quantitative estimate of drug-likeness (QED) is 0.889. The zero-order valence-corrected chi connectivity index (χ0v) is 9.85. The molecule has 0 bridgehead atoms. The third kappa shape index (κ3) is 3.07. The van der Waals surface area contributed by atoms with Gasteiger partial charge in [0.05, 0.1) is 10.5 Å². The summed E-state index contributed by atoms with van der Waals surface area (Å²) in [5.41, 5.74) is 0.0928. The number of halogens is 1. The van der Waals surface area contributed by atoms with Crippen LogP contribution < -0.4 is 4.72 Å². The van der Waals surface area contributed by atoms with Gasteiger partial charge in [0.1, 0.15) is 6.07 Å². The van der Waals surface area contributed by atoms with E-state index in [4.69, 9.17) is 16.9 Å². The van der Waals surface area contributed by atoms with Crippen molar-refractivity contribution in [3.05, 3.63) is 41.4 Å². The molecule has 0 unspecified atom stereocenters. The first kappa shape index (κ1) is 12.7. The van der Waals surface area contributed by atoms with E-state index in [0.29, 0.717) is 0 Å². The minimum atomic E-state index is -3.72. The smallest absolute Gasteiger partial charge is 0.207 e. The van der Waals surface area contributed by atoms with Gasteiger partial charge in [0.2, 0.25) is 10.0 Å². The summed E-state index contributed by atoms with van der Waals surface area (Å²) in [7, 11) is -3.72. The summed E-state index contributed by atoms with van der Waals surface area (Å²) in [5, 5.41) is 8.95. The van der Waals surface area contributed by atoms with E-state index in [-0.39, 0.29) is 22.0 Å². The van der Waals surface area contributed by atoms with Crippen LogP contribution in [0.15, 0.2) is 40.8 Å². The molecule has 0 aromatic heterocycles. The van der Waals surface area contributed by atoms with Crippen LogP contribution in [0.2, 0.25) is 0 Å². The lowest BCUT2D eigenvalue weighted by molar-refractivity contribution is 0.585. The second kappa shape index (κ2) is 5.12. The molecule has 0 aliphatic carbocycles. The molecular weight excluding hydrogens is 248 g/mol. The minimum Gasteiger partial charge on any atom is -0.207 e. The van der Waals surface area contributed by atoms with Crippen molar-refractivity contribution < 1.29 is 8.42 Å². The number of rotatable bonds is 4. The van der Waals surface area contributed by atoms with Crippen molar-refractivity contribution in [2.24, 2.45) is 0 Å². The third-order valence-electron chi connectivity index (χ3n) is 1.75. The highest BCUT2D eigenvalue weighted by Crippen LogP contribution is 2.14. The Hall–Kier alpha value is -1.35. The molecule has 0 saturated carbocycles. The molecule has 1 rings (SSSR count). The van der Waals surface area contributed by atoms with E-state index in [2.05, 4.69) is 11.3 Å². The van der Waals surface area contributed by atoms with Crippen molar-refractivity contribution in [1.29, 1.82) is 5.26 Å². The van der Waals surface area contributed by atoms with Gasteiger partial charge < -0.3 is 0 Å². The SMILES string of the molecule is C=C(Cl)CNS(=O)(=O)c1ccccc1C#N. The van der Waals surface area contributed by atoms with E-state index in [1.165, 1.54) is 12.1 Å². The van der Waals surface area contributed by atoms with Crippen molar-refractivity contribution in [3.63, 3.8) is 0 Å². The Balaban J connectivity index is 3.08. The second-order valence-electron chi connectivity index (χ2n) is 2.95. The number of nitriles is 1. The van der Waals surface area contributed by atoms with E-state index in [1.807, 2.05) is 6.07 Å². The summed E-state index contributed by atoms with van der Waals surface area (Å²) in [4.78, 5) is -0.0598. The highest BCUT2D eigenvalue weighted by atomic mass is 35.5. The first-order valence-corrected chi connectivity index (χ1v) is 6.15. The zero-order valence-electron chi connectivity index (χ0n) is 8.27. The van der Waals surface area contributed by atoms with Crippen molar-refractivity contribution in [1.82, 2.24) is 4.72 Å². The molecule has 1 N–H and O–H groups in total. The van der Waals surface area contributed by atoms with Gasteiger partial charge in [-0.15, -0.1) is 0 Å². The third-order valence-corrected chi connectivity index (χ3v) is 3.34. The molecule has 0 spiro atoms. The maximum Gasteiger partial charge on any atom is 0.242 e. The fourth-order valence-corrected chi connectivity index (χ4v) is 2.37. The molecule has 0 heterocycles. The number of nitrogens with zero attached hydrogens (tertiary/aromatic N) is 1. The summed E-state index contributed by atoms with van der Waals surface area (Å²) >= 11 is 5.46. The minimum absolute atomic E-state index is 0.0598. The Morgan fingerprint density at radius 2 is 2.12 bits per heavy atom. The Bertz CT molecular complexity index is 546. The summed E-state index contributed by atoms with van der Waals surface area (Å²) in [5.74, 6) is 0. The van der Waals surface area contributed by atoms with Crippen molar-refractivity contribution in [3.8, 4) is 6.07 Å². The van der Waals surface area contributed by atoms with Gasteiger partial charge in [-0.25, -0.2) is 13.1 Å². The summed E-state index contributed by atoms with van der Waals surface area (Å²) in [6.07, 6.45) is 0. The van der Waals surface area contributed by atoms with Gasteiger partial charge in [-0.3, -0.25) is 0 Å². The van der Waals surface area contributed by atoms with E-state index in [0.717, 1.165) is 0 Å². The van der Waals surface area contributed by atoms with E-state index >= 15 is 0 Å². The Kier molecular flexibility index (Phi) is 4.07. The molecule has 0 radical (unpaired) electrons. The summed E-state index contributed by atoms with van der Waals surface area (Å²) in [6.45, 7) is 3.30. The molecular formula is C10H9ClN2O2S. The van der Waals surface area contributed by atoms with Crippen LogP contribution in [0.25, 0.3) is 0 Å². The van der Waals surface area contributed by atoms with Gasteiger partial charge in [0.15, 0.2) is 0 Å². The first-order chi connectivity index (χ1) is 7.47. The summed E-state index contributed by atoms with van der Waals surface area (Å²) < 4.78 is 25.7. The lowest BCUT2D eigenvalue weighted by Gasteiger charge is -2.06. The number of benzene rings is 1. The standard InChI is InChI=1S/C10H9ClN2O2S/c1-8(11)7-13-16(14,15)10-5-3-2-4-9(10)6-12/h2-5,13H,1,7H2. The molecule has 16 heavy (non-hydrogen) atoms. The molecule has 0 fully saturated rings. The summed E-state index contributed by atoms with van der Waals surface area (Å²) in [6, 6.07) is 7.75. The molecule has 84 valence electrons. The van der Waals surface area contributed by atoms with Crippen LogP contribution in [0.1, 0.15) is 5.56 Å². The molecule has 1 aromatic rings. The van der Waals surface area contributed by atoms with Crippen LogP contribution in [0.5, 0.6) is 0 Å². The molecule has 1 aromatic carbocycles. The van der Waals surface area contributed by atoms with Gasteiger partial charge in [0.25, 0.3) is 0 Å². The van der Waals surface area contributed by atoms with Gasteiger partial charge >= 0.3 is 0 Å². The Morgan fingerprint density at radius 1 is 1.50 bits per heavy atom. The highest BCUT2D eigenvalue weighted by Gasteiger charge is 2.17.